The third kappa shape index (κ3) is 3.08. The molecule has 4 heterocycles. The first kappa shape index (κ1) is 18.6. The zero-order valence-electron chi connectivity index (χ0n) is 16.4. The second-order valence-corrected chi connectivity index (χ2v) is 8.23. The van der Waals surface area contributed by atoms with Crippen LogP contribution in [0.2, 0.25) is 0 Å². The SMILES string of the molecule is O=C(CCn1ccc2ccccc21)N1C[C@@H]2C[C@@H](C1)c1ccc([N+](=O)[O-])c(=O)n1C2. The lowest BCUT2D eigenvalue weighted by atomic mass is 9.83. The van der Waals surface area contributed by atoms with Gasteiger partial charge in [0.2, 0.25) is 5.91 Å². The van der Waals surface area contributed by atoms with Crippen LogP contribution < -0.4 is 5.56 Å². The molecule has 0 saturated carbocycles. The number of carbonyl (C=O) groups is 1. The van der Waals surface area contributed by atoms with Gasteiger partial charge in [0.1, 0.15) is 0 Å². The van der Waals surface area contributed by atoms with E-state index in [1.54, 1.807) is 10.6 Å². The Morgan fingerprint density at radius 3 is 2.77 bits per heavy atom. The number of carbonyl (C=O) groups excluding carboxylic acids is 1. The highest BCUT2D eigenvalue weighted by Crippen LogP contribution is 2.35. The van der Waals surface area contributed by atoms with E-state index < -0.39 is 10.5 Å². The van der Waals surface area contributed by atoms with Crippen molar-refractivity contribution in [2.75, 3.05) is 13.1 Å². The fourth-order valence-corrected chi connectivity index (χ4v) is 4.99. The van der Waals surface area contributed by atoms with E-state index in [1.165, 1.54) is 6.07 Å². The number of aromatic nitrogens is 2. The van der Waals surface area contributed by atoms with Gasteiger partial charge in [-0.2, -0.15) is 0 Å². The van der Waals surface area contributed by atoms with Crippen LogP contribution in [0.3, 0.4) is 0 Å². The van der Waals surface area contributed by atoms with Gasteiger partial charge in [-0.05, 0) is 35.9 Å². The van der Waals surface area contributed by atoms with E-state index in [-0.39, 0.29) is 23.4 Å². The van der Waals surface area contributed by atoms with Crippen LogP contribution in [0.4, 0.5) is 5.69 Å². The van der Waals surface area contributed by atoms with E-state index in [1.807, 2.05) is 23.2 Å². The van der Waals surface area contributed by atoms with Crippen molar-refractivity contribution in [2.45, 2.75) is 31.8 Å². The van der Waals surface area contributed by atoms with Crippen molar-refractivity contribution in [3.8, 4) is 0 Å². The monoisotopic (exact) mass is 406 g/mol. The molecule has 1 aromatic carbocycles. The number of piperidine rings is 1. The largest absolute Gasteiger partial charge is 0.347 e. The van der Waals surface area contributed by atoms with Crippen LogP contribution >= 0.6 is 0 Å². The second kappa shape index (κ2) is 7.12. The van der Waals surface area contributed by atoms with Gasteiger partial charge in [0.25, 0.3) is 0 Å². The van der Waals surface area contributed by atoms with Crippen molar-refractivity contribution in [3.05, 3.63) is 74.8 Å². The van der Waals surface area contributed by atoms with Gasteiger partial charge in [-0.1, -0.05) is 18.2 Å². The minimum absolute atomic E-state index is 0.0439. The average Bonchev–Trinajstić information content (AvgIpc) is 3.15. The summed E-state index contributed by atoms with van der Waals surface area (Å²) in [6.45, 7) is 2.20. The Morgan fingerprint density at radius 1 is 1.10 bits per heavy atom. The number of aryl methyl sites for hydroxylation is 1. The van der Waals surface area contributed by atoms with E-state index in [0.717, 1.165) is 23.0 Å². The number of rotatable bonds is 4. The molecular weight excluding hydrogens is 384 g/mol. The summed E-state index contributed by atoms with van der Waals surface area (Å²) in [6, 6.07) is 13.1. The molecular formula is C22H22N4O4. The summed E-state index contributed by atoms with van der Waals surface area (Å²) in [5.41, 5.74) is 1.00. The second-order valence-electron chi connectivity index (χ2n) is 8.23. The van der Waals surface area contributed by atoms with E-state index in [2.05, 4.69) is 22.8 Å². The molecule has 8 nitrogen and oxygen atoms in total. The van der Waals surface area contributed by atoms with Crippen molar-refractivity contribution in [3.63, 3.8) is 0 Å². The number of amides is 1. The maximum atomic E-state index is 12.9. The minimum atomic E-state index is -0.624. The number of hydrogen-bond donors (Lipinski definition) is 0. The van der Waals surface area contributed by atoms with Crippen molar-refractivity contribution < 1.29 is 9.72 Å². The van der Waals surface area contributed by atoms with Gasteiger partial charge in [-0.3, -0.25) is 19.7 Å². The van der Waals surface area contributed by atoms with E-state index in [9.17, 15) is 19.7 Å². The number of hydrogen-bond acceptors (Lipinski definition) is 4. The molecule has 0 radical (unpaired) electrons. The first-order valence-corrected chi connectivity index (χ1v) is 10.2. The number of nitro groups is 1. The van der Waals surface area contributed by atoms with Gasteiger partial charge in [0.15, 0.2) is 0 Å². The standard InChI is InChI=1S/C22H22N4O4/c27-21(8-10-23-9-7-16-3-1-2-4-18(16)23)24-12-15-11-17(14-24)19-5-6-20(26(29)30)22(28)25(19)13-15/h1-7,9,15,17H,8,10-14H2/t15-,17-/m0/s1. The summed E-state index contributed by atoms with van der Waals surface area (Å²) >= 11 is 0. The topological polar surface area (TPSA) is 90.4 Å². The maximum absolute atomic E-state index is 12.9. The maximum Gasteiger partial charge on any atom is 0.334 e. The van der Waals surface area contributed by atoms with Gasteiger partial charge >= 0.3 is 11.2 Å². The Balaban J connectivity index is 1.31. The molecule has 2 aromatic heterocycles. The molecule has 0 aliphatic carbocycles. The molecule has 1 fully saturated rings. The molecule has 2 aliphatic rings. The van der Waals surface area contributed by atoms with Crippen LogP contribution in [0.15, 0.2) is 53.5 Å². The molecule has 8 heteroatoms. The molecule has 0 unspecified atom stereocenters. The molecule has 30 heavy (non-hydrogen) atoms. The van der Waals surface area contributed by atoms with Crippen LogP contribution in [0.1, 0.15) is 24.5 Å². The highest BCUT2D eigenvalue weighted by Gasteiger charge is 2.37. The van der Waals surface area contributed by atoms with Crippen LogP contribution in [0.25, 0.3) is 10.9 Å². The summed E-state index contributed by atoms with van der Waals surface area (Å²) in [5.74, 6) is 0.301. The Kier molecular flexibility index (Phi) is 4.42. The summed E-state index contributed by atoms with van der Waals surface area (Å²) in [7, 11) is 0. The highest BCUT2D eigenvalue weighted by atomic mass is 16.6. The molecule has 1 amide bonds. The van der Waals surface area contributed by atoms with Crippen LogP contribution in [-0.4, -0.2) is 38.0 Å². The number of pyridine rings is 1. The highest BCUT2D eigenvalue weighted by molar-refractivity contribution is 5.80. The first-order chi connectivity index (χ1) is 14.5. The zero-order chi connectivity index (χ0) is 20.8. The molecule has 2 bridgehead atoms. The van der Waals surface area contributed by atoms with Crippen LogP contribution in [0, 0.1) is 16.0 Å². The molecule has 0 N–H and O–H groups in total. The number of para-hydroxylation sites is 1. The number of nitrogens with zero attached hydrogens (tertiary/aromatic N) is 4. The van der Waals surface area contributed by atoms with Crippen molar-refractivity contribution in [1.29, 1.82) is 0 Å². The van der Waals surface area contributed by atoms with Gasteiger partial charge in [-0.25, -0.2) is 0 Å². The minimum Gasteiger partial charge on any atom is -0.347 e. The lowest BCUT2D eigenvalue weighted by Gasteiger charge is -2.42. The Hall–Kier alpha value is -3.42. The molecule has 5 rings (SSSR count). The van der Waals surface area contributed by atoms with Crippen LogP contribution in [0.5, 0.6) is 0 Å². The molecule has 1 saturated heterocycles. The quantitative estimate of drug-likeness (QED) is 0.492. The number of likely N-dealkylation sites (tertiary alicyclic amines) is 1. The van der Waals surface area contributed by atoms with Gasteiger partial charge < -0.3 is 14.0 Å². The van der Waals surface area contributed by atoms with E-state index in [0.29, 0.717) is 32.6 Å². The smallest absolute Gasteiger partial charge is 0.334 e. The predicted octanol–water partition coefficient (Wildman–Crippen LogP) is 2.75. The van der Waals surface area contributed by atoms with Crippen LogP contribution in [-0.2, 0) is 17.9 Å². The average molecular weight is 406 g/mol. The van der Waals surface area contributed by atoms with E-state index >= 15 is 0 Å². The molecule has 0 spiro atoms. The van der Waals surface area contributed by atoms with E-state index in [4.69, 9.17) is 0 Å². The molecule has 154 valence electrons. The fraction of sp³-hybridized carbons (Fsp3) is 0.364. The first-order valence-electron chi connectivity index (χ1n) is 10.2. The Bertz CT molecular complexity index is 1210. The summed E-state index contributed by atoms with van der Waals surface area (Å²) in [5, 5.41) is 12.2. The third-order valence-electron chi connectivity index (χ3n) is 6.38. The Morgan fingerprint density at radius 2 is 1.93 bits per heavy atom. The summed E-state index contributed by atoms with van der Waals surface area (Å²) in [4.78, 5) is 37.8. The van der Waals surface area contributed by atoms with Gasteiger partial charge in [0, 0.05) is 62.0 Å². The predicted molar refractivity (Wildman–Crippen MR) is 111 cm³/mol. The normalized spacial score (nSPS) is 20.2. The molecule has 3 aromatic rings. The van der Waals surface area contributed by atoms with Gasteiger partial charge in [0.05, 0.1) is 4.92 Å². The number of fused-ring (bicyclic) bond motifs is 5. The van der Waals surface area contributed by atoms with Crippen molar-refractivity contribution in [1.82, 2.24) is 14.0 Å². The molecule has 2 atom stereocenters. The van der Waals surface area contributed by atoms with Crippen molar-refractivity contribution in [2.24, 2.45) is 5.92 Å². The summed E-state index contributed by atoms with van der Waals surface area (Å²) < 4.78 is 3.65. The van der Waals surface area contributed by atoms with Gasteiger partial charge in [-0.15, -0.1) is 0 Å². The van der Waals surface area contributed by atoms with Crippen molar-refractivity contribution >= 4 is 22.5 Å². The fourth-order valence-electron chi connectivity index (χ4n) is 4.99. The lowest BCUT2D eigenvalue weighted by molar-refractivity contribution is -0.386. The zero-order valence-corrected chi connectivity index (χ0v) is 16.4. The number of benzene rings is 1. The molecule has 2 aliphatic heterocycles. The third-order valence-corrected chi connectivity index (χ3v) is 6.38. The lowest BCUT2D eigenvalue weighted by Crippen LogP contribution is -2.49. The summed E-state index contributed by atoms with van der Waals surface area (Å²) in [6.07, 6.45) is 3.34. The Labute approximate surface area is 172 Å².